The molecule has 0 radical (unpaired) electrons. The second kappa shape index (κ2) is 7.28. The lowest BCUT2D eigenvalue weighted by Crippen LogP contribution is -2.38. The maximum atomic E-state index is 12.4. The number of aliphatic imine (C=N–C) groups is 1. The molecule has 0 spiro atoms. The van der Waals surface area contributed by atoms with Gasteiger partial charge in [0.25, 0.3) is 11.8 Å². The van der Waals surface area contributed by atoms with Crippen LogP contribution in [0.1, 0.15) is 40.7 Å². The van der Waals surface area contributed by atoms with Crippen molar-refractivity contribution in [3.05, 3.63) is 47.7 Å². The normalized spacial score (nSPS) is 25.2. The largest absolute Gasteiger partial charge is 0.379 e. The molecule has 2 aliphatic rings. The Kier molecular flexibility index (Phi) is 5.08. The first kappa shape index (κ1) is 18.1. The molecule has 1 aromatic rings. The first-order chi connectivity index (χ1) is 12.4. The molecule has 0 saturated carbocycles. The Bertz CT molecular complexity index is 817. The summed E-state index contributed by atoms with van der Waals surface area (Å²) in [7, 11) is 0. The third kappa shape index (κ3) is 3.93. The minimum Gasteiger partial charge on any atom is -0.379 e. The van der Waals surface area contributed by atoms with E-state index in [1.54, 1.807) is 11.8 Å². The Labute approximate surface area is 155 Å². The maximum Gasteiger partial charge on any atom is 0.275 e. The Morgan fingerprint density at radius 2 is 2.04 bits per heavy atom. The minimum absolute atomic E-state index is 0.0111. The summed E-state index contributed by atoms with van der Waals surface area (Å²) in [4.78, 5) is 35.8. The number of nitrogens with one attached hydrogen (secondary N) is 1. The van der Waals surface area contributed by atoms with Crippen molar-refractivity contribution in [1.29, 1.82) is 0 Å². The third-order valence-corrected chi connectivity index (χ3v) is 5.28. The lowest BCUT2D eigenvalue weighted by molar-refractivity contribution is 0.0955. The van der Waals surface area contributed by atoms with Gasteiger partial charge < -0.3 is 16.8 Å². The number of aromatic nitrogens is 2. The number of carbonyl (C=O) groups excluding carboxylic acids is 2. The molecule has 8 nitrogen and oxygen atoms in total. The van der Waals surface area contributed by atoms with Gasteiger partial charge in [0.05, 0.1) is 17.9 Å². The van der Waals surface area contributed by atoms with Crippen molar-refractivity contribution >= 4 is 28.7 Å². The fraction of sp³-hybridized carbons (Fsp3) is 0.353. The van der Waals surface area contributed by atoms with Gasteiger partial charge in [-0.25, -0.2) is 9.97 Å². The fourth-order valence-electron chi connectivity index (χ4n) is 2.94. The molecular formula is C17H20N6O2S. The van der Waals surface area contributed by atoms with E-state index < -0.39 is 11.8 Å². The van der Waals surface area contributed by atoms with Crippen molar-refractivity contribution in [3.63, 3.8) is 0 Å². The van der Waals surface area contributed by atoms with Gasteiger partial charge >= 0.3 is 0 Å². The fourth-order valence-corrected chi connectivity index (χ4v) is 3.93. The van der Waals surface area contributed by atoms with Gasteiger partial charge in [-0.1, -0.05) is 23.9 Å². The summed E-state index contributed by atoms with van der Waals surface area (Å²) in [6.07, 6.45) is 10.1. The van der Waals surface area contributed by atoms with Gasteiger partial charge in [-0.2, -0.15) is 0 Å². The standard InChI is InChI=1S/C17H20N6O2S/c1-17(5-6-26-16(19)23-17)10-3-2-4-11(7-10)22-15(25)13-9-20-12(8-21-13)14(18)24/h2,4,7-10H,3,5-6H2,1H3,(H2,18,24)(H2,19,23)(H,22,25)/t10?,17-/m0/s1. The first-order valence-corrected chi connectivity index (χ1v) is 9.15. The minimum atomic E-state index is -0.691. The third-order valence-electron chi connectivity index (χ3n) is 4.49. The molecule has 0 saturated heterocycles. The van der Waals surface area contributed by atoms with Crippen molar-refractivity contribution in [2.75, 3.05) is 5.75 Å². The topological polar surface area (TPSA) is 136 Å². The van der Waals surface area contributed by atoms with Crippen molar-refractivity contribution in [2.45, 2.75) is 25.3 Å². The van der Waals surface area contributed by atoms with Gasteiger partial charge in [-0.3, -0.25) is 14.6 Å². The number of amidine groups is 1. The average Bonchev–Trinajstić information content (AvgIpc) is 2.62. The Morgan fingerprint density at radius 3 is 2.69 bits per heavy atom. The zero-order valence-corrected chi connectivity index (χ0v) is 15.1. The lowest BCUT2D eigenvalue weighted by Gasteiger charge is -2.36. The van der Waals surface area contributed by atoms with Crippen LogP contribution >= 0.6 is 11.8 Å². The molecule has 3 rings (SSSR count). The number of rotatable bonds is 4. The summed E-state index contributed by atoms with van der Waals surface area (Å²) in [5, 5.41) is 3.42. The van der Waals surface area contributed by atoms with Gasteiger partial charge in [0.1, 0.15) is 11.4 Å². The quantitative estimate of drug-likeness (QED) is 0.720. The van der Waals surface area contributed by atoms with Crippen LogP contribution in [0.5, 0.6) is 0 Å². The van der Waals surface area contributed by atoms with Gasteiger partial charge in [0.15, 0.2) is 5.17 Å². The van der Waals surface area contributed by atoms with E-state index in [-0.39, 0.29) is 22.8 Å². The highest BCUT2D eigenvalue weighted by molar-refractivity contribution is 8.13. The van der Waals surface area contributed by atoms with E-state index in [9.17, 15) is 9.59 Å². The number of nitrogens with zero attached hydrogens (tertiary/aromatic N) is 3. The van der Waals surface area contributed by atoms with Crippen LogP contribution in [0.2, 0.25) is 0 Å². The lowest BCUT2D eigenvalue weighted by atomic mass is 9.79. The van der Waals surface area contributed by atoms with E-state index in [4.69, 9.17) is 11.5 Å². The van der Waals surface area contributed by atoms with Crippen LogP contribution in [0.25, 0.3) is 0 Å². The molecule has 1 aliphatic carbocycles. The van der Waals surface area contributed by atoms with Crippen molar-refractivity contribution in [2.24, 2.45) is 22.4 Å². The molecule has 0 bridgehead atoms. The molecule has 2 heterocycles. The van der Waals surface area contributed by atoms with Gasteiger partial charge in [0, 0.05) is 17.4 Å². The summed E-state index contributed by atoms with van der Waals surface area (Å²) in [6, 6.07) is 0. The van der Waals surface area contributed by atoms with E-state index in [0.29, 0.717) is 10.9 Å². The summed E-state index contributed by atoms with van der Waals surface area (Å²) in [5.41, 5.74) is 11.5. The molecule has 5 N–H and O–H groups in total. The van der Waals surface area contributed by atoms with Crippen LogP contribution in [-0.2, 0) is 0 Å². The monoisotopic (exact) mass is 372 g/mol. The second-order valence-electron chi connectivity index (χ2n) is 6.38. The Morgan fingerprint density at radius 1 is 1.31 bits per heavy atom. The number of amides is 2. The first-order valence-electron chi connectivity index (χ1n) is 8.17. The maximum absolute atomic E-state index is 12.4. The number of allylic oxidation sites excluding steroid dienone is 2. The summed E-state index contributed by atoms with van der Waals surface area (Å²) in [5.74, 6) is -0.0180. The van der Waals surface area contributed by atoms with E-state index in [1.165, 1.54) is 12.4 Å². The van der Waals surface area contributed by atoms with Crippen molar-refractivity contribution < 1.29 is 9.59 Å². The molecule has 136 valence electrons. The molecule has 26 heavy (non-hydrogen) atoms. The molecule has 1 aliphatic heterocycles. The Hall–Kier alpha value is -2.68. The second-order valence-corrected chi connectivity index (χ2v) is 7.49. The van der Waals surface area contributed by atoms with E-state index in [1.807, 2.05) is 18.2 Å². The van der Waals surface area contributed by atoms with Crippen LogP contribution in [0.4, 0.5) is 0 Å². The van der Waals surface area contributed by atoms with Gasteiger partial charge in [-0.05, 0) is 25.8 Å². The summed E-state index contributed by atoms with van der Waals surface area (Å²) < 4.78 is 0. The highest BCUT2D eigenvalue weighted by Crippen LogP contribution is 2.37. The number of thioether (sulfide) groups is 1. The summed E-state index contributed by atoms with van der Waals surface area (Å²) >= 11 is 1.57. The molecule has 2 amide bonds. The molecule has 1 aromatic heterocycles. The van der Waals surface area contributed by atoms with Crippen LogP contribution in [0.15, 0.2) is 41.3 Å². The van der Waals surface area contributed by atoms with Gasteiger partial charge in [-0.15, -0.1) is 0 Å². The Balaban J connectivity index is 1.73. The van der Waals surface area contributed by atoms with Gasteiger partial charge in [0.2, 0.25) is 0 Å². The van der Waals surface area contributed by atoms with Crippen molar-refractivity contribution in [3.8, 4) is 0 Å². The molecule has 2 atom stereocenters. The van der Waals surface area contributed by atoms with Crippen LogP contribution in [-0.4, -0.2) is 38.2 Å². The van der Waals surface area contributed by atoms with E-state index >= 15 is 0 Å². The SMILES string of the molecule is C[C@@]1(C2C=C(NC(=O)c3cnc(C(N)=O)cn3)C=CC2)CCSC(N)=N1. The van der Waals surface area contributed by atoms with E-state index in [0.717, 1.165) is 18.6 Å². The predicted molar refractivity (Wildman–Crippen MR) is 100 cm³/mol. The van der Waals surface area contributed by atoms with Crippen LogP contribution in [0.3, 0.4) is 0 Å². The van der Waals surface area contributed by atoms with Crippen molar-refractivity contribution in [1.82, 2.24) is 15.3 Å². The molecule has 0 fully saturated rings. The molecule has 0 aromatic carbocycles. The highest BCUT2D eigenvalue weighted by atomic mass is 32.2. The number of nitrogens with two attached hydrogens (primary N) is 2. The summed E-state index contributed by atoms with van der Waals surface area (Å²) in [6.45, 7) is 2.09. The van der Waals surface area contributed by atoms with Crippen LogP contribution in [0, 0.1) is 5.92 Å². The number of hydrogen-bond acceptors (Lipinski definition) is 7. The molecular weight excluding hydrogens is 352 g/mol. The zero-order valence-electron chi connectivity index (χ0n) is 14.3. The molecule has 9 heteroatoms. The number of carbonyl (C=O) groups is 2. The van der Waals surface area contributed by atoms with Crippen LogP contribution < -0.4 is 16.8 Å². The number of primary amides is 1. The molecule has 1 unspecified atom stereocenters. The predicted octanol–water partition coefficient (Wildman–Crippen LogP) is 0.976. The number of hydrogen-bond donors (Lipinski definition) is 3. The highest BCUT2D eigenvalue weighted by Gasteiger charge is 2.35. The zero-order chi connectivity index (χ0) is 18.7. The van der Waals surface area contributed by atoms with E-state index in [2.05, 4.69) is 27.2 Å². The average molecular weight is 372 g/mol. The smallest absolute Gasteiger partial charge is 0.275 e.